The fourth-order valence-electron chi connectivity index (χ4n) is 2.43. The third-order valence-electron chi connectivity index (χ3n) is 3.63. The number of aliphatic hydroxyl groups excluding tert-OH is 1. The van der Waals surface area contributed by atoms with Gasteiger partial charge in [-0.25, -0.2) is 0 Å². The number of hydrogen-bond acceptors (Lipinski definition) is 5. The Morgan fingerprint density at radius 3 is 2.86 bits per heavy atom. The molecule has 22 heavy (non-hydrogen) atoms. The summed E-state index contributed by atoms with van der Waals surface area (Å²) in [6.45, 7) is 0.542. The number of nitrogens with one attached hydrogen (secondary N) is 1. The van der Waals surface area contributed by atoms with Gasteiger partial charge in [0.15, 0.2) is 0 Å². The lowest BCUT2D eigenvalue weighted by molar-refractivity contribution is -0.132. The van der Waals surface area contributed by atoms with E-state index in [1.54, 1.807) is 19.2 Å². The van der Waals surface area contributed by atoms with Crippen LogP contribution in [0.25, 0.3) is 0 Å². The molecular weight excluding hydrogens is 308 g/mol. The summed E-state index contributed by atoms with van der Waals surface area (Å²) in [6.07, 6.45) is 0.127. The van der Waals surface area contributed by atoms with Gasteiger partial charge >= 0.3 is 0 Å². The number of nitrogens with two attached hydrogens (primary N) is 1. The molecule has 1 fully saturated rings. The van der Waals surface area contributed by atoms with Gasteiger partial charge in [-0.2, -0.15) is 0 Å². The van der Waals surface area contributed by atoms with Crippen LogP contribution in [0.2, 0.25) is 0 Å². The molecule has 6 nitrogen and oxygen atoms in total. The smallest absolute Gasteiger partial charge is 0.249 e. The van der Waals surface area contributed by atoms with Crippen LogP contribution in [0.3, 0.4) is 0 Å². The normalized spacial score (nSPS) is 21.8. The summed E-state index contributed by atoms with van der Waals surface area (Å²) in [6, 6.07) is 7.18. The predicted molar refractivity (Wildman–Crippen MR) is 85.2 cm³/mol. The molecule has 2 rings (SSSR count). The maximum absolute atomic E-state index is 12.0. The minimum absolute atomic E-state index is 0. The van der Waals surface area contributed by atoms with Crippen molar-refractivity contribution in [3.63, 3.8) is 0 Å². The summed E-state index contributed by atoms with van der Waals surface area (Å²) >= 11 is 0. The predicted octanol–water partition coefficient (Wildman–Crippen LogP) is 0.773. The quantitative estimate of drug-likeness (QED) is 0.716. The van der Waals surface area contributed by atoms with E-state index in [1.165, 1.54) is 0 Å². The van der Waals surface area contributed by atoms with E-state index in [-0.39, 0.29) is 31.0 Å². The van der Waals surface area contributed by atoms with Crippen LogP contribution in [0.15, 0.2) is 24.3 Å². The van der Waals surface area contributed by atoms with Crippen LogP contribution < -0.4 is 15.8 Å². The number of methoxy groups -OCH3 is 1. The maximum Gasteiger partial charge on any atom is 0.249 e. The van der Waals surface area contributed by atoms with Crippen LogP contribution in [-0.4, -0.2) is 43.4 Å². The molecule has 0 saturated carbocycles. The molecule has 3 atom stereocenters. The molecule has 0 aliphatic carbocycles. The average Bonchev–Trinajstić information content (AvgIpc) is 3.01. The molecule has 0 aromatic heterocycles. The number of hydrogen-bond donors (Lipinski definition) is 3. The minimum atomic E-state index is -0.822. The van der Waals surface area contributed by atoms with E-state index in [0.29, 0.717) is 24.3 Å². The SMILES string of the molecule is COc1ccccc1C(O)CNC(=O)[C@@H]1CC[C@H](CN)O1.Cl. The van der Waals surface area contributed by atoms with Crippen molar-refractivity contribution in [2.75, 3.05) is 20.2 Å². The molecule has 1 aliphatic heterocycles. The highest BCUT2D eigenvalue weighted by Gasteiger charge is 2.30. The van der Waals surface area contributed by atoms with Crippen LogP contribution >= 0.6 is 12.4 Å². The Bertz CT molecular complexity index is 486. The van der Waals surface area contributed by atoms with Crippen molar-refractivity contribution in [1.82, 2.24) is 5.32 Å². The average molecular weight is 331 g/mol. The summed E-state index contributed by atoms with van der Waals surface area (Å²) in [7, 11) is 1.55. The van der Waals surface area contributed by atoms with Crippen molar-refractivity contribution in [2.45, 2.75) is 31.2 Å². The molecule has 124 valence electrons. The highest BCUT2D eigenvalue weighted by Crippen LogP contribution is 2.24. The summed E-state index contributed by atoms with van der Waals surface area (Å²) in [5.74, 6) is 0.388. The monoisotopic (exact) mass is 330 g/mol. The van der Waals surface area contributed by atoms with Crippen LogP contribution in [0.4, 0.5) is 0 Å². The van der Waals surface area contributed by atoms with Crippen LogP contribution in [0.1, 0.15) is 24.5 Å². The van der Waals surface area contributed by atoms with Gasteiger partial charge in [-0.15, -0.1) is 12.4 Å². The van der Waals surface area contributed by atoms with E-state index >= 15 is 0 Å². The van der Waals surface area contributed by atoms with Gasteiger partial charge in [0.05, 0.1) is 19.3 Å². The van der Waals surface area contributed by atoms with Gasteiger partial charge in [0.1, 0.15) is 11.9 Å². The molecule has 1 unspecified atom stereocenters. The van der Waals surface area contributed by atoms with Gasteiger partial charge in [0, 0.05) is 18.7 Å². The lowest BCUT2D eigenvalue weighted by atomic mass is 10.1. The summed E-state index contributed by atoms with van der Waals surface area (Å²) in [5, 5.41) is 12.9. The second kappa shape index (κ2) is 8.95. The third kappa shape index (κ3) is 4.58. The fourth-order valence-corrected chi connectivity index (χ4v) is 2.43. The number of halogens is 1. The first-order valence-electron chi connectivity index (χ1n) is 7.10. The number of benzene rings is 1. The second-order valence-electron chi connectivity index (χ2n) is 5.06. The van der Waals surface area contributed by atoms with Crippen molar-refractivity contribution in [3.8, 4) is 5.75 Å². The van der Waals surface area contributed by atoms with Crippen LogP contribution in [0, 0.1) is 0 Å². The first kappa shape index (κ1) is 18.7. The Labute approximate surface area is 136 Å². The topological polar surface area (TPSA) is 93.8 Å². The van der Waals surface area contributed by atoms with E-state index in [0.717, 1.165) is 6.42 Å². The summed E-state index contributed by atoms with van der Waals surface area (Å²) < 4.78 is 10.7. The Morgan fingerprint density at radius 1 is 1.50 bits per heavy atom. The molecule has 0 radical (unpaired) electrons. The van der Waals surface area contributed by atoms with Crippen LogP contribution in [0.5, 0.6) is 5.75 Å². The lowest BCUT2D eigenvalue weighted by Gasteiger charge is -2.17. The van der Waals surface area contributed by atoms with Gasteiger partial charge in [-0.1, -0.05) is 18.2 Å². The van der Waals surface area contributed by atoms with E-state index in [1.807, 2.05) is 12.1 Å². The number of aliphatic hydroxyl groups is 1. The largest absolute Gasteiger partial charge is 0.496 e. The Balaban J connectivity index is 0.00000242. The van der Waals surface area contributed by atoms with Crippen LogP contribution in [-0.2, 0) is 9.53 Å². The number of amides is 1. The Hall–Kier alpha value is -1.34. The molecule has 1 amide bonds. The molecule has 1 aromatic rings. The van der Waals surface area contributed by atoms with Crippen molar-refractivity contribution < 1.29 is 19.4 Å². The minimum Gasteiger partial charge on any atom is -0.496 e. The second-order valence-corrected chi connectivity index (χ2v) is 5.06. The highest BCUT2D eigenvalue weighted by atomic mass is 35.5. The van der Waals surface area contributed by atoms with Gasteiger partial charge in [0.25, 0.3) is 0 Å². The molecule has 0 bridgehead atoms. The molecule has 7 heteroatoms. The number of rotatable bonds is 6. The van der Waals surface area contributed by atoms with Crippen molar-refractivity contribution in [1.29, 1.82) is 0 Å². The molecule has 0 spiro atoms. The number of carbonyl (C=O) groups is 1. The van der Waals surface area contributed by atoms with Gasteiger partial charge in [-0.3, -0.25) is 4.79 Å². The highest BCUT2D eigenvalue weighted by molar-refractivity contribution is 5.85. The Morgan fingerprint density at radius 2 is 2.23 bits per heavy atom. The molecule has 1 heterocycles. The van der Waals surface area contributed by atoms with Gasteiger partial charge in [-0.05, 0) is 18.9 Å². The zero-order valence-electron chi connectivity index (χ0n) is 12.5. The number of ether oxygens (including phenoxy) is 2. The standard InChI is InChI=1S/C15H22N2O4.ClH/c1-20-13-5-3-2-4-11(13)12(18)9-17-15(19)14-7-6-10(8-16)21-14;/h2-5,10,12,14,18H,6-9,16H2,1H3,(H,17,19);1H/t10-,12?,14+;/m1./s1. The first-order valence-corrected chi connectivity index (χ1v) is 7.10. The van der Waals surface area contributed by atoms with Gasteiger partial charge < -0.3 is 25.6 Å². The van der Waals surface area contributed by atoms with Crippen molar-refractivity contribution >= 4 is 18.3 Å². The van der Waals surface area contributed by atoms with Crippen molar-refractivity contribution in [3.05, 3.63) is 29.8 Å². The molecular formula is C15H23ClN2O4. The zero-order valence-corrected chi connectivity index (χ0v) is 13.3. The van der Waals surface area contributed by atoms with E-state index in [9.17, 15) is 9.90 Å². The van der Waals surface area contributed by atoms with E-state index in [4.69, 9.17) is 15.2 Å². The fraction of sp³-hybridized carbons (Fsp3) is 0.533. The van der Waals surface area contributed by atoms with E-state index in [2.05, 4.69) is 5.32 Å². The molecule has 1 saturated heterocycles. The third-order valence-corrected chi connectivity index (χ3v) is 3.63. The lowest BCUT2D eigenvalue weighted by Crippen LogP contribution is -2.37. The maximum atomic E-state index is 12.0. The van der Waals surface area contributed by atoms with Gasteiger partial charge in [0.2, 0.25) is 5.91 Å². The summed E-state index contributed by atoms with van der Waals surface area (Å²) in [5.41, 5.74) is 6.16. The number of para-hydroxylation sites is 1. The molecule has 1 aliphatic rings. The number of carbonyl (C=O) groups excluding carboxylic acids is 1. The van der Waals surface area contributed by atoms with Crippen molar-refractivity contribution in [2.24, 2.45) is 5.73 Å². The Kier molecular flexibility index (Phi) is 7.61. The first-order chi connectivity index (χ1) is 10.2. The summed E-state index contributed by atoms with van der Waals surface area (Å²) in [4.78, 5) is 12.0. The van der Waals surface area contributed by atoms with E-state index < -0.39 is 12.2 Å². The molecule has 4 N–H and O–H groups in total. The molecule has 1 aromatic carbocycles. The zero-order chi connectivity index (χ0) is 15.2.